The fourth-order valence-corrected chi connectivity index (χ4v) is 2.87. The predicted molar refractivity (Wildman–Crippen MR) is 83.9 cm³/mol. The van der Waals surface area contributed by atoms with Gasteiger partial charge in [0.05, 0.1) is 5.69 Å². The van der Waals surface area contributed by atoms with E-state index in [1.165, 1.54) is 39.4 Å². The Labute approximate surface area is 134 Å². The summed E-state index contributed by atoms with van der Waals surface area (Å²) in [7, 11) is 1.66. The van der Waals surface area contributed by atoms with Gasteiger partial charge in [-0.15, -0.1) is 11.3 Å². The predicted octanol–water partition coefficient (Wildman–Crippen LogP) is 1.65. The molecule has 0 fully saturated rings. The fourth-order valence-electron chi connectivity index (χ4n) is 2.14. The molecule has 0 saturated heterocycles. The Balaban J connectivity index is 1.78. The number of rotatable bonds is 4. The lowest BCUT2D eigenvalue weighted by Gasteiger charge is -2.05. The van der Waals surface area contributed by atoms with E-state index < -0.39 is 5.97 Å². The highest BCUT2D eigenvalue weighted by Crippen LogP contribution is 2.11. The van der Waals surface area contributed by atoms with Crippen LogP contribution in [0.4, 0.5) is 0 Å². The van der Waals surface area contributed by atoms with Crippen LogP contribution in [0, 0.1) is 0 Å². The number of carbonyl (C=O) groups excluding carboxylic acids is 2. The van der Waals surface area contributed by atoms with Crippen molar-refractivity contribution in [3.8, 4) is 0 Å². The number of nitrogens with zero attached hydrogens (tertiary/aromatic N) is 3. The highest BCUT2D eigenvalue weighted by Gasteiger charge is 2.16. The molecule has 0 aliphatic heterocycles. The number of aromatic nitrogens is 3. The zero-order chi connectivity index (χ0) is 16.6. The quantitative estimate of drug-likeness (QED) is 0.536. The molecule has 3 heterocycles. The Morgan fingerprint density at radius 1 is 1.35 bits per heavy atom. The van der Waals surface area contributed by atoms with Crippen molar-refractivity contribution in [2.24, 2.45) is 7.05 Å². The summed E-state index contributed by atoms with van der Waals surface area (Å²) in [5.41, 5.74) is 0.867. The van der Waals surface area contributed by atoms with Gasteiger partial charge in [-0.3, -0.25) is 14.0 Å². The molecule has 3 aromatic heterocycles. The average Bonchev–Trinajstić information content (AvgIpc) is 3.11. The van der Waals surface area contributed by atoms with Crippen molar-refractivity contribution >= 4 is 28.1 Å². The summed E-state index contributed by atoms with van der Waals surface area (Å²) in [4.78, 5) is 40.1. The van der Waals surface area contributed by atoms with Crippen LogP contribution in [0.5, 0.6) is 0 Å². The van der Waals surface area contributed by atoms with Gasteiger partial charge in [-0.25, -0.2) is 9.78 Å². The second-order valence-electron chi connectivity index (χ2n) is 5.00. The first-order valence-corrected chi connectivity index (χ1v) is 7.64. The van der Waals surface area contributed by atoms with Gasteiger partial charge in [0.1, 0.15) is 12.3 Å². The molecule has 0 spiro atoms. The van der Waals surface area contributed by atoms with Crippen LogP contribution in [0.2, 0.25) is 0 Å². The van der Waals surface area contributed by atoms with Crippen molar-refractivity contribution in [1.82, 2.24) is 14.0 Å². The molecule has 0 aliphatic carbocycles. The number of aryl methyl sites for hydroxylation is 1. The second kappa shape index (κ2) is 5.81. The molecule has 0 N–H and O–H groups in total. The summed E-state index contributed by atoms with van der Waals surface area (Å²) in [6.45, 7) is 1.32. The number of hydrogen-bond acceptors (Lipinski definition) is 6. The van der Waals surface area contributed by atoms with Crippen molar-refractivity contribution in [1.29, 1.82) is 0 Å². The molecule has 0 atom stereocenters. The maximum atomic E-state index is 12.1. The SMILES string of the molecule is CC(=O)c1cc(C(=O)OCc2cc(=O)n3ccsc3n2)n(C)c1. The maximum absolute atomic E-state index is 12.1. The topological polar surface area (TPSA) is 82.7 Å². The number of ether oxygens (including phenoxy) is 1. The lowest BCUT2D eigenvalue weighted by atomic mass is 10.2. The van der Waals surface area contributed by atoms with Crippen molar-refractivity contribution in [3.63, 3.8) is 0 Å². The third kappa shape index (κ3) is 2.93. The van der Waals surface area contributed by atoms with Gasteiger partial charge in [0.2, 0.25) is 0 Å². The minimum Gasteiger partial charge on any atom is -0.454 e. The van der Waals surface area contributed by atoms with Gasteiger partial charge in [0.25, 0.3) is 5.56 Å². The van der Waals surface area contributed by atoms with E-state index in [9.17, 15) is 14.4 Å². The Kier molecular flexibility index (Phi) is 3.83. The molecule has 0 saturated carbocycles. The molecule has 3 rings (SSSR count). The number of fused-ring (bicyclic) bond motifs is 1. The molecule has 0 bridgehead atoms. The lowest BCUT2D eigenvalue weighted by Crippen LogP contribution is -2.15. The minimum atomic E-state index is -0.576. The summed E-state index contributed by atoms with van der Waals surface area (Å²) in [5, 5.41) is 1.76. The smallest absolute Gasteiger partial charge is 0.355 e. The van der Waals surface area contributed by atoms with Crippen molar-refractivity contribution in [2.45, 2.75) is 13.5 Å². The van der Waals surface area contributed by atoms with Gasteiger partial charge < -0.3 is 9.30 Å². The van der Waals surface area contributed by atoms with Crippen molar-refractivity contribution in [2.75, 3.05) is 0 Å². The number of carbonyl (C=O) groups is 2. The van der Waals surface area contributed by atoms with Crippen LogP contribution >= 0.6 is 11.3 Å². The monoisotopic (exact) mass is 331 g/mol. The first-order chi connectivity index (χ1) is 11.0. The van der Waals surface area contributed by atoms with E-state index >= 15 is 0 Å². The molecule has 118 valence electrons. The first-order valence-electron chi connectivity index (χ1n) is 6.76. The van der Waals surface area contributed by atoms with Gasteiger partial charge in [-0.1, -0.05) is 0 Å². The van der Waals surface area contributed by atoms with Gasteiger partial charge in [-0.2, -0.15) is 0 Å². The van der Waals surface area contributed by atoms with Crippen molar-refractivity contribution < 1.29 is 14.3 Å². The molecule has 0 aliphatic rings. The van der Waals surface area contributed by atoms with Gasteiger partial charge >= 0.3 is 5.97 Å². The number of Topliss-reactive ketones (excluding diaryl/α,β-unsaturated/α-hetero) is 1. The molecule has 0 radical (unpaired) electrons. The van der Waals surface area contributed by atoms with Crippen LogP contribution in [-0.4, -0.2) is 25.7 Å². The number of hydrogen-bond donors (Lipinski definition) is 0. The Hall–Kier alpha value is -2.74. The molecular formula is C15H13N3O4S. The minimum absolute atomic E-state index is 0.108. The fraction of sp³-hybridized carbons (Fsp3) is 0.200. The Bertz CT molecular complexity index is 967. The largest absolute Gasteiger partial charge is 0.454 e. The van der Waals surface area contributed by atoms with Crippen LogP contribution in [0.25, 0.3) is 4.96 Å². The lowest BCUT2D eigenvalue weighted by molar-refractivity contribution is 0.0456. The number of ketones is 1. The molecule has 7 nitrogen and oxygen atoms in total. The van der Waals surface area contributed by atoms with Crippen LogP contribution in [-0.2, 0) is 18.4 Å². The van der Waals surface area contributed by atoms with E-state index in [2.05, 4.69) is 4.98 Å². The van der Waals surface area contributed by atoms with Gasteiger partial charge in [0.15, 0.2) is 10.7 Å². The van der Waals surface area contributed by atoms with E-state index in [-0.39, 0.29) is 23.6 Å². The molecule has 8 heteroatoms. The van der Waals surface area contributed by atoms with E-state index in [1.807, 2.05) is 0 Å². The van der Waals surface area contributed by atoms with Crippen molar-refractivity contribution in [3.05, 3.63) is 57.2 Å². The molecule has 0 amide bonds. The van der Waals surface area contributed by atoms with Crippen LogP contribution < -0.4 is 5.56 Å². The summed E-state index contributed by atoms with van der Waals surface area (Å²) in [6.07, 6.45) is 3.21. The number of thiazole rings is 1. The Morgan fingerprint density at radius 3 is 2.83 bits per heavy atom. The second-order valence-corrected chi connectivity index (χ2v) is 5.87. The Morgan fingerprint density at radius 2 is 2.13 bits per heavy atom. The zero-order valence-electron chi connectivity index (χ0n) is 12.5. The van der Waals surface area contributed by atoms with Crippen LogP contribution in [0.15, 0.2) is 34.7 Å². The summed E-state index contributed by atoms with van der Waals surface area (Å²) >= 11 is 1.33. The third-order valence-corrected chi connectivity index (χ3v) is 4.08. The van der Waals surface area contributed by atoms with Gasteiger partial charge in [0, 0.05) is 36.5 Å². The zero-order valence-corrected chi connectivity index (χ0v) is 13.3. The molecule has 3 aromatic rings. The highest BCUT2D eigenvalue weighted by molar-refractivity contribution is 7.15. The third-order valence-electron chi connectivity index (χ3n) is 3.33. The molecule has 23 heavy (non-hydrogen) atoms. The standard InChI is InChI=1S/C15H13N3O4S/c1-9(19)10-5-12(17(2)7-10)14(21)22-8-11-6-13(20)18-3-4-23-15(18)16-11/h3-7H,8H2,1-2H3. The number of esters is 1. The summed E-state index contributed by atoms with van der Waals surface area (Å²) in [6, 6.07) is 2.81. The van der Waals surface area contributed by atoms with Crippen LogP contribution in [0.1, 0.15) is 33.5 Å². The normalized spacial score (nSPS) is 10.9. The summed E-state index contributed by atoms with van der Waals surface area (Å²) in [5.74, 6) is -0.703. The van der Waals surface area contributed by atoms with E-state index in [0.29, 0.717) is 16.2 Å². The average molecular weight is 331 g/mol. The van der Waals surface area contributed by atoms with E-state index in [1.54, 1.807) is 24.8 Å². The van der Waals surface area contributed by atoms with E-state index in [0.717, 1.165) is 0 Å². The molecule has 0 aromatic carbocycles. The highest BCUT2D eigenvalue weighted by atomic mass is 32.1. The first kappa shape index (κ1) is 15.2. The van der Waals surface area contributed by atoms with Crippen LogP contribution in [0.3, 0.4) is 0 Å². The van der Waals surface area contributed by atoms with E-state index in [4.69, 9.17) is 4.74 Å². The molecule has 0 unspecified atom stereocenters. The molecular weight excluding hydrogens is 318 g/mol. The maximum Gasteiger partial charge on any atom is 0.355 e. The summed E-state index contributed by atoms with van der Waals surface area (Å²) < 4.78 is 8.15. The van der Waals surface area contributed by atoms with Gasteiger partial charge in [-0.05, 0) is 13.0 Å².